The molecule has 3 nitrogen and oxygen atoms in total. The summed E-state index contributed by atoms with van der Waals surface area (Å²) in [6, 6.07) is 2.04. The molecule has 1 saturated heterocycles. The lowest BCUT2D eigenvalue weighted by molar-refractivity contribution is -0.122. The molecule has 1 unspecified atom stereocenters. The number of rotatable bonds is 5. The molecule has 2 rings (SSSR count). The normalized spacial score (nSPS) is 19.7. The van der Waals surface area contributed by atoms with Crippen LogP contribution in [-0.2, 0) is 16.1 Å². The number of nitrogens with one attached hydrogen (secondary N) is 1. The van der Waals surface area contributed by atoms with E-state index in [9.17, 15) is 4.79 Å². The molecule has 1 N–H and O–H groups in total. The predicted octanol–water partition coefficient (Wildman–Crippen LogP) is 3.48. The molecule has 0 aliphatic carbocycles. The van der Waals surface area contributed by atoms with E-state index in [-0.39, 0.29) is 5.91 Å². The zero-order valence-corrected chi connectivity index (χ0v) is 12.7. The highest BCUT2D eigenvalue weighted by atomic mass is 79.9. The second-order valence-corrected chi connectivity index (χ2v) is 6.45. The van der Waals surface area contributed by atoms with E-state index in [2.05, 4.69) is 21.2 Å². The van der Waals surface area contributed by atoms with Gasteiger partial charge < -0.3 is 10.1 Å². The Morgan fingerprint density at radius 3 is 3.11 bits per heavy atom. The van der Waals surface area contributed by atoms with Gasteiger partial charge in [0.2, 0.25) is 5.91 Å². The first-order valence-electron chi connectivity index (χ1n) is 6.35. The highest BCUT2D eigenvalue weighted by Crippen LogP contribution is 2.20. The maximum absolute atomic E-state index is 11.7. The summed E-state index contributed by atoms with van der Waals surface area (Å²) in [6.07, 6.45) is 5.20. The zero-order valence-electron chi connectivity index (χ0n) is 10.3. The van der Waals surface area contributed by atoms with Gasteiger partial charge in [0.05, 0.1) is 12.6 Å². The van der Waals surface area contributed by atoms with Gasteiger partial charge in [0.15, 0.2) is 0 Å². The average Bonchev–Trinajstić information content (AvgIpc) is 2.81. The number of halogens is 1. The third kappa shape index (κ3) is 4.71. The minimum absolute atomic E-state index is 0.119. The average molecular weight is 332 g/mol. The third-order valence-corrected chi connectivity index (χ3v) is 4.75. The first kappa shape index (κ1) is 14.0. The number of carbonyl (C=O) groups is 1. The number of hydrogen-bond donors (Lipinski definition) is 1. The van der Waals surface area contributed by atoms with E-state index in [1.165, 1.54) is 11.3 Å². The molecule has 0 aromatic carbocycles. The Morgan fingerprint density at radius 1 is 1.56 bits per heavy atom. The molecule has 1 amide bonds. The molecule has 100 valence electrons. The van der Waals surface area contributed by atoms with Gasteiger partial charge >= 0.3 is 0 Å². The summed E-state index contributed by atoms with van der Waals surface area (Å²) in [7, 11) is 0. The van der Waals surface area contributed by atoms with Crippen LogP contribution in [-0.4, -0.2) is 18.6 Å². The molecular formula is C13H18BrNO2S. The Labute approximate surface area is 120 Å². The number of carbonyl (C=O) groups excluding carboxylic acids is 1. The fourth-order valence-corrected chi connectivity index (χ4v) is 3.44. The van der Waals surface area contributed by atoms with E-state index < -0.39 is 0 Å². The van der Waals surface area contributed by atoms with Gasteiger partial charge in [-0.15, -0.1) is 11.3 Å². The van der Waals surface area contributed by atoms with E-state index in [0.29, 0.717) is 19.1 Å². The van der Waals surface area contributed by atoms with Crippen LogP contribution in [0.25, 0.3) is 0 Å². The summed E-state index contributed by atoms with van der Waals surface area (Å²) in [6.45, 7) is 1.48. The molecule has 1 aliphatic heterocycles. The predicted molar refractivity (Wildman–Crippen MR) is 76.7 cm³/mol. The SMILES string of the molecule is O=C(CCC1CCCCO1)NCc1cc(Br)cs1. The van der Waals surface area contributed by atoms with Gasteiger partial charge in [-0.25, -0.2) is 0 Å². The van der Waals surface area contributed by atoms with Crippen molar-refractivity contribution in [2.45, 2.75) is 44.8 Å². The largest absolute Gasteiger partial charge is 0.378 e. The van der Waals surface area contributed by atoms with Crippen molar-refractivity contribution in [2.75, 3.05) is 6.61 Å². The third-order valence-electron chi connectivity index (χ3n) is 3.05. The van der Waals surface area contributed by atoms with E-state index in [1.807, 2.05) is 11.4 Å². The molecule has 1 atom stereocenters. The van der Waals surface area contributed by atoms with Gasteiger partial charge in [-0.05, 0) is 47.7 Å². The molecule has 1 fully saturated rings. The van der Waals surface area contributed by atoms with Crippen LogP contribution in [0.15, 0.2) is 15.9 Å². The van der Waals surface area contributed by atoms with Crippen molar-refractivity contribution >= 4 is 33.2 Å². The summed E-state index contributed by atoms with van der Waals surface area (Å²) in [4.78, 5) is 12.9. The van der Waals surface area contributed by atoms with Crippen molar-refractivity contribution in [3.05, 3.63) is 20.8 Å². The lowest BCUT2D eigenvalue weighted by atomic mass is 10.0. The summed E-state index contributed by atoms with van der Waals surface area (Å²) in [5.74, 6) is 0.119. The standard InChI is InChI=1S/C13H18BrNO2S/c14-10-7-12(18-9-10)8-15-13(16)5-4-11-3-1-2-6-17-11/h7,9,11H,1-6,8H2,(H,15,16). The van der Waals surface area contributed by atoms with Crippen molar-refractivity contribution < 1.29 is 9.53 Å². The fourth-order valence-electron chi connectivity index (χ4n) is 2.05. The maximum atomic E-state index is 11.7. The van der Waals surface area contributed by atoms with Crippen LogP contribution >= 0.6 is 27.3 Å². The molecule has 5 heteroatoms. The van der Waals surface area contributed by atoms with Crippen LogP contribution in [0.5, 0.6) is 0 Å². The molecule has 1 aromatic heterocycles. The number of hydrogen-bond acceptors (Lipinski definition) is 3. The first-order chi connectivity index (χ1) is 8.74. The van der Waals surface area contributed by atoms with Crippen molar-refractivity contribution in [3.8, 4) is 0 Å². The maximum Gasteiger partial charge on any atom is 0.220 e. The smallest absolute Gasteiger partial charge is 0.220 e. The van der Waals surface area contributed by atoms with Crippen molar-refractivity contribution in [2.24, 2.45) is 0 Å². The molecule has 0 saturated carbocycles. The van der Waals surface area contributed by atoms with Crippen LogP contribution < -0.4 is 5.32 Å². The lowest BCUT2D eigenvalue weighted by Gasteiger charge is -2.22. The summed E-state index contributed by atoms with van der Waals surface area (Å²) >= 11 is 5.05. The van der Waals surface area contributed by atoms with Gasteiger partial charge in [0, 0.05) is 27.8 Å². The summed E-state index contributed by atoms with van der Waals surface area (Å²) < 4.78 is 6.69. The molecule has 0 radical (unpaired) electrons. The van der Waals surface area contributed by atoms with Crippen LogP contribution in [0.4, 0.5) is 0 Å². The van der Waals surface area contributed by atoms with Crippen molar-refractivity contribution in [3.63, 3.8) is 0 Å². The van der Waals surface area contributed by atoms with E-state index in [4.69, 9.17) is 4.74 Å². The van der Waals surface area contributed by atoms with Gasteiger partial charge in [-0.2, -0.15) is 0 Å². The Bertz CT molecular complexity index is 388. The fraction of sp³-hybridized carbons (Fsp3) is 0.615. The Kier molecular flexibility index (Phi) is 5.66. The van der Waals surface area contributed by atoms with Crippen molar-refractivity contribution in [1.29, 1.82) is 0 Å². The van der Waals surface area contributed by atoms with E-state index in [1.54, 1.807) is 11.3 Å². The summed E-state index contributed by atoms with van der Waals surface area (Å²) in [5, 5.41) is 4.97. The number of ether oxygens (including phenoxy) is 1. The molecule has 1 aliphatic rings. The highest BCUT2D eigenvalue weighted by Gasteiger charge is 2.15. The minimum Gasteiger partial charge on any atom is -0.378 e. The quantitative estimate of drug-likeness (QED) is 0.897. The molecule has 1 aromatic rings. The summed E-state index contributed by atoms with van der Waals surface area (Å²) in [5.41, 5.74) is 0. The Hall–Kier alpha value is -0.390. The van der Waals surface area contributed by atoms with Crippen LogP contribution in [0.1, 0.15) is 37.0 Å². The van der Waals surface area contributed by atoms with Gasteiger partial charge in [-0.3, -0.25) is 4.79 Å². The van der Waals surface area contributed by atoms with Crippen molar-refractivity contribution in [1.82, 2.24) is 5.32 Å². The first-order valence-corrected chi connectivity index (χ1v) is 8.02. The zero-order chi connectivity index (χ0) is 12.8. The number of amides is 1. The molecule has 2 heterocycles. The molecule has 0 spiro atoms. The van der Waals surface area contributed by atoms with Gasteiger partial charge in [0.25, 0.3) is 0 Å². The van der Waals surface area contributed by atoms with Crippen LogP contribution in [0.3, 0.4) is 0 Å². The van der Waals surface area contributed by atoms with Gasteiger partial charge in [-0.1, -0.05) is 0 Å². The molecular weight excluding hydrogens is 314 g/mol. The second kappa shape index (κ2) is 7.26. The lowest BCUT2D eigenvalue weighted by Crippen LogP contribution is -2.25. The number of thiophene rings is 1. The Balaban J connectivity index is 1.62. The van der Waals surface area contributed by atoms with Crippen LogP contribution in [0, 0.1) is 0 Å². The van der Waals surface area contributed by atoms with Crippen LogP contribution in [0.2, 0.25) is 0 Å². The monoisotopic (exact) mass is 331 g/mol. The van der Waals surface area contributed by atoms with E-state index in [0.717, 1.165) is 30.3 Å². The Morgan fingerprint density at radius 2 is 2.44 bits per heavy atom. The van der Waals surface area contributed by atoms with E-state index >= 15 is 0 Å². The minimum atomic E-state index is 0.119. The molecule has 0 bridgehead atoms. The van der Waals surface area contributed by atoms with Gasteiger partial charge in [0.1, 0.15) is 0 Å². The second-order valence-electron chi connectivity index (χ2n) is 4.54. The topological polar surface area (TPSA) is 38.3 Å². The molecule has 18 heavy (non-hydrogen) atoms. The highest BCUT2D eigenvalue weighted by molar-refractivity contribution is 9.10.